The molecule has 1 aliphatic rings. The number of carbonyl (C=O) groups excluding carboxylic acids is 5. The van der Waals surface area contributed by atoms with Gasteiger partial charge < -0.3 is 10.6 Å². The van der Waals surface area contributed by atoms with E-state index in [0.29, 0.717) is 33.0 Å². The van der Waals surface area contributed by atoms with E-state index in [-0.39, 0.29) is 29.5 Å². The zero-order valence-corrected chi connectivity index (χ0v) is 25.2. The summed E-state index contributed by atoms with van der Waals surface area (Å²) in [5.41, 5.74) is 1.76. The number of carbonyl (C=O) groups is 5. The average Bonchev–Trinajstić information content (AvgIpc) is 3.33. The van der Waals surface area contributed by atoms with Crippen LogP contribution in [0.1, 0.15) is 39.6 Å². The first-order valence-electron chi connectivity index (χ1n) is 14.0. The Kier molecular flexibility index (Phi) is 9.48. The Labute approximate surface area is 267 Å². The van der Waals surface area contributed by atoms with Gasteiger partial charge in [0.2, 0.25) is 11.8 Å². The van der Waals surface area contributed by atoms with Crippen molar-refractivity contribution in [2.45, 2.75) is 23.5 Å². The molecule has 0 aliphatic carbocycles. The van der Waals surface area contributed by atoms with Gasteiger partial charge >= 0.3 is 0 Å². The van der Waals surface area contributed by atoms with Crippen LogP contribution in [0.25, 0.3) is 6.08 Å². The number of Topliss-reactive ketones (excluding diaryl/α,β-unsaturated/α-hetero) is 1. The summed E-state index contributed by atoms with van der Waals surface area (Å²) in [4.78, 5) is 76.2. The van der Waals surface area contributed by atoms with E-state index in [1.54, 1.807) is 78.9 Å². The number of amides is 4. The molecule has 12 heteroatoms. The third-order valence-corrected chi connectivity index (χ3v) is 8.13. The molecule has 0 spiro atoms. The number of anilines is 2. The van der Waals surface area contributed by atoms with E-state index in [9.17, 15) is 34.1 Å². The summed E-state index contributed by atoms with van der Waals surface area (Å²) >= 11 is 1.18. The van der Waals surface area contributed by atoms with Gasteiger partial charge in [-0.05, 0) is 85.3 Å². The molecule has 1 saturated heterocycles. The molecular weight excluding hydrogens is 608 g/mol. The predicted molar refractivity (Wildman–Crippen MR) is 173 cm³/mol. The monoisotopic (exact) mass is 634 g/mol. The summed E-state index contributed by atoms with van der Waals surface area (Å²) in [6, 6.07) is 26.8. The summed E-state index contributed by atoms with van der Waals surface area (Å²) in [5, 5.41) is 15.7. The van der Waals surface area contributed by atoms with Crippen molar-refractivity contribution in [1.29, 1.82) is 0 Å². The van der Waals surface area contributed by atoms with Crippen molar-refractivity contribution in [3.63, 3.8) is 0 Å². The predicted octanol–water partition coefficient (Wildman–Crippen LogP) is 5.63. The van der Waals surface area contributed by atoms with Gasteiger partial charge in [-0.2, -0.15) is 0 Å². The Morgan fingerprint density at radius 1 is 0.891 bits per heavy atom. The normalized spacial score (nSPS) is 14.6. The minimum absolute atomic E-state index is 0.0256. The third-order valence-electron chi connectivity index (χ3n) is 6.95. The number of rotatable bonds is 10. The topological polar surface area (TPSA) is 156 Å². The lowest BCUT2D eigenvalue weighted by Crippen LogP contribution is -2.31. The van der Waals surface area contributed by atoms with Gasteiger partial charge in [-0.25, -0.2) is 4.90 Å². The Balaban J connectivity index is 1.32. The number of nitro benzene ring substituents is 1. The van der Waals surface area contributed by atoms with Crippen LogP contribution in [0.3, 0.4) is 0 Å². The largest absolute Gasteiger partial charge is 0.321 e. The van der Waals surface area contributed by atoms with Crippen LogP contribution in [-0.2, 0) is 14.4 Å². The number of hydrogen-bond acceptors (Lipinski definition) is 8. The lowest BCUT2D eigenvalue weighted by Gasteiger charge is -2.15. The number of nitrogens with zero attached hydrogens (tertiary/aromatic N) is 2. The van der Waals surface area contributed by atoms with Crippen LogP contribution in [0, 0.1) is 10.1 Å². The van der Waals surface area contributed by atoms with Gasteiger partial charge in [-0.3, -0.25) is 34.1 Å². The summed E-state index contributed by atoms with van der Waals surface area (Å²) in [6.07, 6.45) is 1.38. The maximum Gasteiger partial charge on any atom is 0.272 e. The van der Waals surface area contributed by atoms with E-state index in [2.05, 4.69) is 10.6 Å². The first-order valence-corrected chi connectivity index (χ1v) is 14.9. The molecule has 4 aromatic carbocycles. The van der Waals surface area contributed by atoms with Crippen molar-refractivity contribution in [2.75, 3.05) is 10.2 Å². The Hall–Kier alpha value is -5.88. The average molecular weight is 635 g/mol. The van der Waals surface area contributed by atoms with Crippen molar-refractivity contribution in [2.24, 2.45) is 0 Å². The number of nitro groups is 1. The SMILES string of the molecule is CC(=O)c1ccc(N2C(=O)C[C@@H](Sc3cccc(NC(=O)/C(=C/c4ccc([N+](=O)[O-])cc4)NC(=O)c4ccccc4)c3)C2=O)cc1. The number of hydrogen-bond donors (Lipinski definition) is 2. The number of ketones is 1. The third kappa shape index (κ3) is 7.42. The minimum Gasteiger partial charge on any atom is -0.321 e. The van der Waals surface area contributed by atoms with E-state index in [0.717, 1.165) is 4.90 Å². The molecule has 4 aromatic rings. The second-order valence-electron chi connectivity index (χ2n) is 10.2. The highest BCUT2D eigenvalue weighted by Crippen LogP contribution is 2.35. The van der Waals surface area contributed by atoms with Crippen LogP contribution < -0.4 is 15.5 Å². The molecule has 0 bridgehead atoms. The number of nitrogens with one attached hydrogen (secondary N) is 2. The first-order chi connectivity index (χ1) is 22.1. The van der Waals surface area contributed by atoms with Crippen LogP contribution in [-0.4, -0.2) is 39.6 Å². The van der Waals surface area contributed by atoms with Crippen molar-refractivity contribution < 1.29 is 28.9 Å². The van der Waals surface area contributed by atoms with E-state index >= 15 is 0 Å². The van der Waals surface area contributed by atoms with Crippen molar-refractivity contribution in [3.05, 3.63) is 136 Å². The molecule has 1 aliphatic heterocycles. The molecule has 0 unspecified atom stereocenters. The number of thioether (sulfide) groups is 1. The molecule has 0 saturated carbocycles. The smallest absolute Gasteiger partial charge is 0.272 e. The summed E-state index contributed by atoms with van der Waals surface area (Å²) in [7, 11) is 0. The number of benzene rings is 4. The molecule has 11 nitrogen and oxygen atoms in total. The molecular formula is C34H26N4O7S. The Bertz CT molecular complexity index is 1870. The van der Waals surface area contributed by atoms with Gasteiger partial charge in [0.1, 0.15) is 5.70 Å². The van der Waals surface area contributed by atoms with E-state index in [1.165, 1.54) is 49.0 Å². The molecule has 0 aromatic heterocycles. The van der Waals surface area contributed by atoms with Gasteiger partial charge in [0.25, 0.3) is 17.5 Å². The lowest BCUT2D eigenvalue weighted by atomic mass is 10.1. The second-order valence-corrected chi connectivity index (χ2v) is 11.5. The molecule has 1 fully saturated rings. The molecule has 0 radical (unpaired) electrons. The van der Waals surface area contributed by atoms with Gasteiger partial charge in [0, 0.05) is 40.3 Å². The van der Waals surface area contributed by atoms with Crippen LogP contribution in [0.2, 0.25) is 0 Å². The fourth-order valence-electron chi connectivity index (χ4n) is 4.62. The van der Waals surface area contributed by atoms with E-state index in [4.69, 9.17) is 0 Å². The number of imide groups is 1. The standard InChI is InChI=1S/C34H26N4O7S/c1-21(39)23-12-16-26(17-13-23)37-31(40)20-30(34(37)43)46-28-9-5-8-25(19-28)35-33(42)29(36-32(41)24-6-3-2-4-7-24)18-22-10-14-27(15-11-22)38(44)45/h2-19,30H,20H2,1H3,(H,35,42)(H,36,41)/b29-18-/t30-/m1/s1. The first kappa shape index (κ1) is 31.5. The summed E-state index contributed by atoms with van der Waals surface area (Å²) < 4.78 is 0. The zero-order chi connectivity index (χ0) is 32.8. The molecule has 2 N–H and O–H groups in total. The van der Waals surface area contributed by atoms with Gasteiger partial charge in [0.15, 0.2) is 5.78 Å². The van der Waals surface area contributed by atoms with Crippen LogP contribution in [0.4, 0.5) is 17.1 Å². The summed E-state index contributed by atoms with van der Waals surface area (Å²) in [5.74, 6) is -2.07. The highest BCUT2D eigenvalue weighted by molar-refractivity contribution is 8.00. The number of non-ortho nitro benzene ring substituents is 1. The molecule has 4 amide bonds. The zero-order valence-electron chi connectivity index (χ0n) is 24.3. The Morgan fingerprint density at radius 3 is 2.24 bits per heavy atom. The van der Waals surface area contributed by atoms with E-state index < -0.39 is 27.9 Å². The van der Waals surface area contributed by atoms with Crippen molar-refractivity contribution in [3.8, 4) is 0 Å². The molecule has 1 heterocycles. The Morgan fingerprint density at radius 2 is 1.59 bits per heavy atom. The van der Waals surface area contributed by atoms with E-state index in [1.807, 2.05) is 0 Å². The highest BCUT2D eigenvalue weighted by Gasteiger charge is 2.40. The van der Waals surface area contributed by atoms with Gasteiger partial charge in [-0.15, -0.1) is 11.8 Å². The van der Waals surface area contributed by atoms with Crippen LogP contribution in [0.15, 0.2) is 114 Å². The maximum atomic E-state index is 13.4. The molecule has 46 heavy (non-hydrogen) atoms. The quantitative estimate of drug-likeness (QED) is 0.0748. The van der Waals surface area contributed by atoms with Crippen LogP contribution >= 0.6 is 11.8 Å². The van der Waals surface area contributed by atoms with Gasteiger partial charge in [0.05, 0.1) is 15.9 Å². The fraction of sp³-hybridized carbons (Fsp3) is 0.0882. The second kappa shape index (κ2) is 13.8. The minimum atomic E-state index is -0.700. The molecule has 5 rings (SSSR count). The van der Waals surface area contributed by atoms with Crippen LogP contribution in [0.5, 0.6) is 0 Å². The molecule has 230 valence electrons. The van der Waals surface area contributed by atoms with Crippen molar-refractivity contribution >= 4 is 64.3 Å². The molecule has 1 atom stereocenters. The van der Waals surface area contributed by atoms with Gasteiger partial charge in [-0.1, -0.05) is 24.3 Å². The summed E-state index contributed by atoms with van der Waals surface area (Å²) in [6.45, 7) is 1.43. The van der Waals surface area contributed by atoms with Crippen molar-refractivity contribution in [1.82, 2.24) is 5.32 Å². The maximum absolute atomic E-state index is 13.4. The fourth-order valence-corrected chi connectivity index (χ4v) is 5.74. The highest BCUT2D eigenvalue weighted by atomic mass is 32.2. The lowest BCUT2D eigenvalue weighted by molar-refractivity contribution is -0.384.